The summed E-state index contributed by atoms with van der Waals surface area (Å²) in [5.41, 5.74) is 10.7. The first-order chi connectivity index (χ1) is 12.9. The third-order valence-electron chi connectivity index (χ3n) is 3.89. The topological polar surface area (TPSA) is 117 Å². The van der Waals surface area contributed by atoms with E-state index in [2.05, 4.69) is 30.8 Å². The van der Waals surface area contributed by atoms with Gasteiger partial charge < -0.3 is 21.7 Å². The SMILES string of the molecule is CC(CO)CCCN=CN.CCCC.CCCC(N)=NCCCC(C)CO. The fourth-order valence-electron chi connectivity index (χ4n) is 1.79. The van der Waals surface area contributed by atoms with Gasteiger partial charge in [-0.15, -0.1) is 0 Å². The normalized spacial score (nSPS) is 13.4. The zero-order chi connectivity index (χ0) is 21.3. The third kappa shape index (κ3) is 32.9. The van der Waals surface area contributed by atoms with Crippen molar-refractivity contribution in [3.8, 4) is 0 Å². The van der Waals surface area contributed by atoms with Gasteiger partial charge in [0.05, 0.1) is 12.2 Å². The molecule has 2 atom stereocenters. The molecular formula is C21H48N4O2. The van der Waals surface area contributed by atoms with E-state index in [1.54, 1.807) is 0 Å². The highest BCUT2D eigenvalue weighted by molar-refractivity contribution is 5.80. The minimum atomic E-state index is 0.270. The summed E-state index contributed by atoms with van der Waals surface area (Å²) in [7, 11) is 0. The van der Waals surface area contributed by atoms with Crippen LogP contribution in [0.2, 0.25) is 0 Å². The predicted octanol–water partition coefficient (Wildman–Crippen LogP) is 3.74. The Morgan fingerprint density at radius 3 is 1.74 bits per heavy atom. The molecule has 27 heavy (non-hydrogen) atoms. The smallest absolute Gasteiger partial charge is 0.0936 e. The number of rotatable bonds is 13. The quantitative estimate of drug-likeness (QED) is 0.218. The Bertz CT molecular complexity index is 321. The molecule has 0 spiro atoms. The van der Waals surface area contributed by atoms with Crippen molar-refractivity contribution in [1.82, 2.24) is 0 Å². The van der Waals surface area contributed by atoms with E-state index in [1.165, 1.54) is 19.2 Å². The number of hydrogen-bond acceptors (Lipinski definition) is 4. The van der Waals surface area contributed by atoms with Crippen molar-refractivity contribution in [2.24, 2.45) is 33.3 Å². The van der Waals surface area contributed by atoms with Crippen LogP contribution in [0.4, 0.5) is 0 Å². The van der Waals surface area contributed by atoms with E-state index in [1.807, 2.05) is 13.8 Å². The van der Waals surface area contributed by atoms with Crippen molar-refractivity contribution >= 4 is 12.2 Å². The molecule has 0 rings (SSSR count). The highest BCUT2D eigenvalue weighted by atomic mass is 16.3. The lowest BCUT2D eigenvalue weighted by Crippen LogP contribution is -2.11. The van der Waals surface area contributed by atoms with Crippen LogP contribution in [0.25, 0.3) is 0 Å². The van der Waals surface area contributed by atoms with Gasteiger partial charge in [-0.05, 0) is 43.9 Å². The molecule has 0 radical (unpaired) electrons. The average molecular weight is 389 g/mol. The van der Waals surface area contributed by atoms with Gasteiger partial charge in [-0.1, -0.05) is 47.5 Å². The molecule has 164 valence electrons. The van der Waals surface area contributed by atoms with Gasteiger partial charge in [-0.3, -0.25) is 9.98 Å². The van der Waals surface area contributed by atoms with E-state index in [0.29, 0.717) is 11.8 Å². The molecule has 0 saturated carbocycles. The Balaban J connectivity index is -0.000000364. The Morgan fingerprint density at radius 2 is 1.37 bits per heavy atom. The molecular weight excluding hydrogens is 340 g/mol. The van der Waals surface area contributed by atoms with E-state index in [0.717, 1.165) is 57.5 Å². The van der Waals surface area contributed by atoms with E-state index < -0.39 is 0 Å². The second-order valence-corrected chi connectivity index (χ2v) is 7.04. The summed E-state index contributed by atoms with van der Waals surface area (Å²) >= 11 is 0. The monoisotopic (exact) mass is 388 g/mol. The molecule has 0 heterocycles. The first-order valence-corrected chi connectivity index (χ1v) is 10.6. The highest BCUT2D eigenvalue weighted by Crippen LogP contribution is 2.04. The van der Waals surface area contributed by atoms with Crippen molar-refractivity contribution < 1.29 is 10.2 Å². The molecule has 0 aromatic carbocycles. The van der Waals surface area contributed by atoms with E-state index >= 15 is 0 Å². The predicted molar refractivity (Wildman–Crippen MR) is 120 cm³/mol. The number of nitrogens with zero attached hydrogens (tertiary/aromatic N) is 2. The van der Waals surface area contributed by atoms with Crippen LogP contribution < -0.4 is 11.5 Å². The first kappa shape index (κ1) is 30.6. The number of amidine groups is 1. The van der Waals surface area contributed by atoms with Crippen LogP contribution in [-0.2, 0) is 0 Å². The Kier molecular flexibility index (Phi) is 30.7. The van der Waals surface area contributed by atoms with Crippen LogP contribution in [-0.4, -0.2) is 48.7 Å². The molecule has 6 nitrogen and oxygen atoms in total. The van der Waals surface area contributed by atoms with Gasteiger partial charge in [0.1, 0.15) is 0 Å². The lowest BCUT2D eigenvalue weighted by Gasteiger charge is -2.05. The van der Waals surface area contributed by atoms with Crippen LogP contribution in [0.5, 0.6) is 0 Å². The summed E-state index contributed by atoms with van der Waals surface area (Å²) in [5.74, 6) is 1.55. The second kappa shape index (κ2) is 27.1. The molecule has 0 aromatic heterocycles. The number of unbranched alkanes of at least 4 members (excludes halogenated alkanes) is 1. The van der Waals surface area contributed by atoms with Gasteiger partial charge in [0.2, 0.25) is 0 Å². The molecule has 0 aliphatic carbocycles. The van der Waals surface area contributed by atoms with E-state index in [4.69, 9.17) is 21.7 Å². The Morgan fingerprint density at radius 1 is 0.889 bits per heavy atom. The lowest BCUT2D eigenvalue weighted by molar-refractivity contribution is 0.229. The maximum Gasteiger partial charge on any atom is 0.0936 e. The van der Waals surface area contributed by atoms with Gasteiger partial charge in [0.25, 0.3) is 0 Å². The second-order valence-electron chi connectivity index (χ2n) is 7.04. The molecule has 0 bridgehead atoms. The largest absolute Gasteiger partial charge is 0.396 e. The maximum absolute atomic E-state index is 8.77. The molecule has 0 aliphatic rings. The molecule has 6 N–H and O–H groups in total. The summed E-state index contributed by atoms with van der Waals surface area (Å²) < 4.78 is 0. The fourth-order valence-corrected chi connectivity index (χ4v) is 1.79. The van der Waals surface area contributed by atoms with Crippen LogP contribution in [0, 0.1) is 11.8 Å². The fraction of sp³-hybridized carbons (Fsp3) is 0.905. The Labute approximate surface area is 168 Å². The minimum Gasteiger partial charge on any atom is -0.396 e. The molecule has 6 heteroatoms. The molecule has 0 aliphatic heterocycles. The van der Waals surface area contributed by atoms with Crippen LogP contribution in [0.3, 0.4) is 0 Å². The number of hydrogen-bond donors (Lipinski definition) is 4. The highest BCUT2D eigenvalue weighted by Gasteiger charge is 1.98. The van der Waals surface area contributed by atoms with Gasteiger partial charge in [0, 0.05) is 32.7 Å². The van der Waals surface area contributed by atoms with E-state index in [-0.39, 0.29) is 13.2 Å². The summed E-state index contributed by atoms with van der Waals surface area (Å²) in [6.07, 6.45) is 10.00. The summed E-state index contributed by atoms with van der Waals surface area (Å²) in [4.78, 5) is 8.08. The zero-order valence-corrected chi connectivity index (χ0v) is 18.7. The molecule has 0 fully saturated rings. The van der Waals surface area contributed by atoms with Crippen molar-refractivity contribution in [3.63, 3.8) is 0 Å². The summed E-state index contributed by atoms with van der Waals surface area (Å²) in [6, 6.07) is 0. The number of aliphatic hydroxyl groups is 2. The average Bonchev–Trinajstić information content (AvgIpc) is 2.69. The molecule has 0 saturated heterocycles. The Hall–Kier alpha value is -1.14. The summed E-state index contributed by atoms with van der Waals surface area (Å²) in [5, 5.41) is 17.4. The molecule has 0 amide bonds. The summed E-state index contributed by atoms with van der Waals surface area (Å²) in [6.45, 7) is 12.6. The maximum atomic E-state index is 8.77. The number of aliphatic imine (C=N–C) groups is 2. The van der Waals surface area contributed by atoms with Gasteiger partial charge in [-0.25, -0.2) is 0 Å². The van der Waals surface area contributed by atoms with Crippen molar-refractivity contribution in [2.75, 3.05) is 26.3 Å². The van der Waals surface area contributed by atoms with Gasteiger partial charge in [0.15, 0.2) is 0 Å². The number of aliphatic hydroxyl groups excluding tert-OH is 2. The number of nitrogens with two attached hydrogens (primary N) is 2. The van der Waals surface area contributed by atoms with Gasteiger partial charge in [-0.2, -0.15) is 0 Å². The van der Waals surface area contributed by atoms with Gasteiger partial charge >= 0.3 is 0 Å². The third-order valence-corrected chi connectivity index (χ3v) is 3.89. The van der Waals surface area contributed by atoms with Crippen molar-refractivity contribution in [3.05, 3.63) is 0 Å². The first-order valence-electron chi connectivity index (χ1n) is 10.6. The molecule has 2 unspecified atom stereocenters. The van der Waals surface area contributed by atoms with Crippen molar-refractivity contribution in [1.29, 1.82) is 0 Å². The van der Waals surface area contributed by atoms with E-state index in [9.17, 15) is 0 Å². The van der Waals surface area contributed by atoms with Crippen LogP contribution >= 0.6 is 0 Å². The lowest BCUT2D eigenvalue weighted by atomic mass is 10.1. The van der Waals surface area contributed by atoms with Crippen LogP contribution in [0.1, 0.15) is 86.0 Å². The standard InChI is InChI=1S/C10H22N2O.C7H16N2O.C4H10/c1-3-5-10(11)12-7-4-6-9(2)8-13;1-7(5-10)3-2-4-9-6-8;1-3-4-2/h9,13H,3-8H2,1-2H3,(H2,11,12);6-7,10H,2-5H2,1H3,(H2,8,9);3-4H2,1-2H3. The zero-order valence-electron chi connectivity index (χ0n) is 18.7. The van der Waals surface area contributed by atoms with Crippen LogP contribution in [0.15, 0.2) is 9.98 Å². The molecule has 0 aromatic rings. The minimum absolute atomic E-state index is 0.270. The van der Waals surface area contributed by atoms with Crippen molar-refractivity contribution in [2.45, 2.75) is 86.0 Å².